The molecule has 0 saturated carbocycles. The molecule has 6 nitrogen and oxygen atoms in total. The molecule has 6 heteroatoms. The van der Waals surface area contributed by atoms with E-state index in [9.17, 15) is 14.7 Å². The monoisotopic (exact) mass is 447 g/mol. The zero-order valence-electron chi connectivity index (χ0n) is 20.3. The molecule has 32 heavy (non-hydrogen) atoms. The van der Waals surface area contributed by atoms with Gasteiger partial charge in [-0.05, 0) is 44.7 Å². The highest BCUT2D eigenvalue weighted by atomic mass is 16.6. The first kappa shape index (κ1) is 27.7. The van der Waals surface area contributed by atoms with Crippen LogP contribution in [0.5, 0.6) is 0 Å². The molecule has 0 bridgehead atoms. The Balaban J connectivity index is 2.67. The van der Waals surface area contributed by atoms with Gasteiger partial charge in [0, 0.05) is 19.5 Å². The zero-order chi connectivity index (χ0) is 24.0. The van der Waals surface area contributed by atoms with Gasteiger partial charge in [-0.25, -0.2) is 9.59 Å². The molecule has 0 aliphatic rings. The fourth-order valence-corrected chi connectivity index (χ4v) is 3.25. The number of rotatable bonds is 15. The van der Waals surface area contributed by atoms with Gasteiger partial charge >= 0.3 is 12.1 Å². The first-order valence-corrected chi connectivity index (χ1v) is 11.7. The number of carbonyl (C=O) groups is 2. The molecule has 1 amide bonds. The number of nitrogens with zero attached hydrogens (tertiary/aromatic N) is 1. The van der Waals surface area contributed by atoms with Gasteiger partial charge in [0.1, 0.15) is 5.60 Å². The van der Waals surface area contributed by atoms with Gasteiger partial charge in [0.2, 0.25) is 0 Å². The number of hydrogen-bond acceptors (Lipinski definition) is 4. The van der Waals surface area contributed by atoms with Gasteiger partial charge in [-0.2, -0.15) is 0 Å². The van der Waals surface area contributed by atoms with Crippen molar-refractivity contribution in [3.05, 3.63) is 48.0 Å². The highest BCUT2D eigenvalue weighted by Gasteiger charge is 2.22. The van der Waals surface area contributed by atoms with Crippen LogP contribution >= 0.6 is 0 Å². The van der Waals surface area contributed by atoms with Gasteiger partial charge in [-0.3, -0.25) is 0 Å². The Morgan fingerprint density at radius 2 is 1.69 bits per heavy atom. The highest BCUT2D eigenvalue weighted by molar-refractivity contribution is 5.72. The van der Waals surface area contributed by atoms with Gasteiger partial charge in [-0.1, -0.05) is 62.9 Å². The van der Waals surface area contributed by atoms with Crippen molar-refractivity contribution in [2.45, 2.75) is 84.3 Å². The van der Waals surface area contributed by atoms with Crippen molar-refractivity contribution in [3.8, 4) is 0 Å². The van der Waals surface area contributed by atoms with E-state index in [0.29, 0.717) is 25.9 Å². The van der Waals surface area contributed by atoms with Crippen molar-refractivity contribution in [2.75, 3.05) is 19.7 Å². The first-order chi connectivity index (χ1) is 15.2. The van der Waals surface area contributed by atoms with E-state index in [4.69, 9.17) is 9.47 Å². The average Bonchev–Trinajstić information content (AvgIpc) is 2.72. The Bertz CT molecular complexity index is 693. The number of carboxylic acids is 1. The summed E-state index contributed by atoms with van der Waals surface area (Å²) in [5.74, 6) is -0.983. The topological polar surface area (TPSA) is 76.1 Å². The van der Waals surface area contributed by atoms with E-state index in [1.54, 1.807) is 11.0 Å². The summed E-state index contributed by atoms with van der Waals surface area (Å²) in [6.07, 6.45) is 7.07. The Labute approximate surface area is 193 Å². The van der Waals surface area contributed by atoms with Gasteiger partial charge in [-0.15, -0.1) is 6.58 Å². The van der Waals surface area contributed by atoms with Crippen molar-refractivity contribution >= 4 is 12.1 Å². The van der Waals surface area contributed by atoms with E-state index in [1.165, 1.54) is 19.3 Å². The fraction of sp³-hybridized carbons (Fsp3) is 0.615. The minimum Gasteiger partial charge on any atom is -0.479 e. The Morgan fingerprint density at radius 3 is 2.25 bits per heavy atom. The summed E-state index contributed by atoms with van der Waals surface area (Å²) >= 11 is 0. The van der Waals surface area contributed by atoms with Crippen LogP contribution in [0.15, 0.2) is 36.9 Å². The summed E-state index contributed by atoms with van der Waals surface area (Å²) in [6.45, 7) is 12.9. The van der Waals surface area contributed by atoms with E-state index < -0.39 is 17.7 Å². The lowest BCUT2D eigenvalue weighted by molar-refractivity contribution is -0.149. The molecular formula is C26H41NO5. The van der Waals surface area contributed by atoms with Crippen LogP contribution in [0.4, 0.5) is 4.79 Å². The largest absolute Gasteiger partial charge is 0.479 e. The van der Waals surface area contributed by atoms with Gasteiger partial charge in [0.05, 0.1) is 6.61 Å². The molecule has 180 valence electrons. The molecule has 1 atom stereocenters. The van der Waals surface area contributed by atoms with Crippen LogP contribution in [0.3, 0.4) is 0 Å². The molecule has 0 radical (unpaired) electrons. The molecule has 0 fully saturated rings. The number of amides is 1. The molecule has 0 aromatic heterocycles. The normalized spacial score (nSPS) is 12.2. The van der Waals surface area contributed by atoms with Gasteiger partial charge in [0.25, 0.3) is 0 Å². The molecule has 0 aliphatic heterocycles. The standard InChI is InChI=1S/C26H41NO5/c1-6-8-9-10-11-17-27(25(30)32-26(3,4)5)18-16-21-12-14-22(15-13-21)20-23(24(28)29)31-19-7-2/h7,12-15,23H,2,6,8-11,16-20H2,1,3-5H3,(H,28,29). The minimum absolute atomic E-state index is 0.202. The molecule has 0 spiro atoms. The number of carboxylic acid groups (broad SMARTS) is 1. The maximum atomic E-state index is 12.7. The molecule has 0 heterocycles. The molecule has 1 rings (SSSR count). The lowest BCUT2D eigenvalue weighted by Crippen LogP contribution is -2.38. The lowest BCUT2D eigenvalue weighted by Gasteiger charge is -2.27. The lowest BCUT2D eigenvalue weighted by atomic mass is 10.0. The predicted molar refractivity (Wildman–Crippen MR) is 128 cm³/mol. The minimum atomic E-state index is -0.983. The van der Waals surface area contributed by atoms with Crippen LogP contribution in [0.25, 0.3) is 0 Å². The quantitative estimate of drug-likeness (QED) is 0.278. The van der Waals surface area contributed by atoms with Crippen LogP contribution in [0, 0.1) is 0 Å². The molecule has 0 aliphatic carbocycles. The summed E-state index contributed by atoms with van der Waals surface area (Å²) in [7, 11) is 0. The smallest absolute Gasteiger partial charge is 0.410 e. The first-order valence-electron chi connectivity index (χ1n) is 11.7. The van der Waals surface area contributed by atoms with Crippen molar-refractivity contribution in [1.82, 2.24) is 4.90 Å². The maximum absolute atomic E-state index is 12.7. The summed E-state index contributed by atoms with van der Waals surface area (Å²) in [6, 6.07) is 7.81. The Morgan fingerprint density at radius 1 is 1.06 bits per heavy atom. The Kier molecular flexibility index (Phi) is 12.7. The van der Waals surface area contributed by atoms with Crippen molar-refractivity contribution in [2.24, 2.45) is 0 Å². The van der Waals surface area contributed by atoms with Crippen LogP contribution in [-0.2, 0) is 27.1 Å². The average molecular weight is 448 g/mol. The van der Waals surface area contributed by atoms with E-state index in [2.05, 4.69) is 13.5 Å². The number of carbonyl (C=O) groups excluding carboxylic acids is 1. The van der Waals surface area contributed by atoms with Crippen molar-refractivity contribution in [1.29, 1.82) is 0 Å². The fourth-order valence-electron chi connectivity index (χ4n) is 3.25. The van der Waals surface area contributed by atoms with Gasteiger partial charge < -0.3 is 19.5 Å². The van der Waals surface area contributed by atoms with Crippen LogP contribution in [-0.4, -0.2) is 53.5 Å². The van der Waals surface area contributed by atoms with E-state index >= 15 is 0 Å². The summed E-state index contributed by atoms with van der Waals surface area (Å²) in [5.41, 5.74) is 1.46. The summed E-state index contributed by atoms with van der Waals surface area (Å²) in [4.78, 5) is 25.8. The molecular weight excluding hydrogens is 406 g/mol. The van der Waals surface area contributed by atoms with E-state index in [1.807, 2.05) is 45.0 Å². The number of benzene rings is 1. The molecule has 0 saturated heterocycles. The number of unbranched alkanes of at least 4 members (excludes halogenated alkanes) is 4. The molecule has 1 unspecified atom stereocenters. The van der Waals surface area contributed by atoms with Crippen LogP contribution in [0.2, 0.25) is 0 Å². The molecule has 1 aromatic carbocycles. The van der Waals surface area contributed by atoms with Crippen LogP contribution < -0.4 is 0 Å². The van der Waals surface area contributed by atoms with Crippen molar-refractivity contribution < 1.29 is 24.2 Å². The maximum Gasteiger partial charge on any atom is 0.410 e. The third-order valence-corrected chi connectivity index (χ3v) is 4.99. The number of ether oxygens (including phenoxy) is 2. The number of hydrogen-bond donors (Lipinski definition) is 1. The Hall–Kier alpha value is -2.34. The van der Waals surface area contributed by atoms with E-state index in [-0.39, 0.29) is 12.7 Å². The second kappa shape index (κ2) is 14.7. The third-order valence-electron chi connectivity index (χ3n) is 4.99. The zero-order valence-corrected chi connectivity index (χ0v) is 20.3. The second-order valence-corrected chi connectivity index (χ2v) is 9.10. The SMILES string of the molecule is C=CCOC(Cc1ccc(CCN(CCCCCCC)C(=O)OC(C)(C)C)cc1)C(=O)O. The third kappa shape index (κ3) is 11.9. The van der Waals surface area contributed by atoms with Crippen molar-refractivity contribution in [3.63, 3.8) is 0 Å². The molecule has 1 aromatic rings. The summed E-state index contributed by atoms with van der Waals surface area (Å²) in [5, 5.41) is 9.30. The highest BCUT2D eigenvalue weighted by Crippen LogP contribution is 2.14. The van der Waals surface area contributed by atoms with Crippen LogP contribution in [0.1, 0.15) is 70.9 Å². The summed E-state index contributed by atoms with van der Waals surface area (Å²) < 4.78 is 10.9. The predicted octanol–water partition coefficient (Wildman–Crippen LogP) is 5.63. The second-order valence-electron chi connectivity index (χ2n) is 9.10. The molecule has 1 N–H and O–H groups in total. The number of aliphatic carboxylic acids is 1. The van der Waals surface area contributed by atoms with E-state index in [0.717, 1.165) is 24.0 Å². The van der Waals surface area contributed by atoms with Gasteiger partial charge in [0.15, 0.2) is 6.10 Å².